The molecule has 0 saturated heterocycles. The molecule has 0 amide bonds. The van der Waals surface area contributed by atoms with Crippen LogP contribution in [-0.2, 0) is 11.2 Å². The summed E-state index contributed by atoms with van der Waals surface area (Å²) < 4.78 is 5.74. The number of carboxylic acids is 1. The van der Waals surface area contributed by atoms with Crippen LogP contribution >= 0.6 is 0 Å². The molecule has 25 heavy (non-hydrogen) atoms. The summed E-state index contributed by atoms with van der Waals surface area (Å²) in [5.74, 6) is 0.119. The van der Waals surface area contributed by atoms with Gasteiger partial charge < -0.3 is 27.2 Å². The minimum absolute atomic E-state index is 0. The second-order valence-corrected chi connectivity index (χ2v) is 5.96. The van der Waals surface area contributed by atoms with E-state index in [0.717, 1.165) is 25.1 Å². The van der Waals surface area contributed by atoms with E-state index in [2.05, 4.69) is 36.4 Å². The van der Waals surface area contributed by atoms with Crippen molar-refractivity contribution in [2.24, 2.45) is 0 Å². The number of halogens is 1. The third-order valence-corrected chi connectivity index (χ3v) is 3.83. The number of aliphatic carboxylic acids is 1. The molecule has 0 spiro atoms. The summed E-state index contributed by atoms with van der Waals surface area (Å²) in [6, 6.07) is 18.6. The molecule has 0 aliphatic carbocycles. The van der Waals surface area contributed by atoms with Gasteiger partial charge in [-0.1, -0.05) is 42.5 Å². The second-order valence-electron chi connectivity index (χ2n) is 5.96. The molecular formula is C20H25ClNO3-. The molecule has 4 nitrogen and oxygen atoms in total. The number of carbonyl (C=O) groups is 1. The molecule has 0 bridgehead atoms. The van der Waals surface area contributed by atoms with Crippen LogP contribution in [0.25, 0.3) is 0 Å². The molecule has 0 atom stereocenters. The highest BCUT2D eigenvalue weighted by atomic mass is 35.5. The number of benzene rings is 2. The van der Waals surface area contributed by atoms with Gasteiger partial charge in [-0.05, 0) is 43.1 Å². The number of nitrogens with zero attached hydrogens (tertiary/aromatic N) is 1. The Morgan fingerprint density at radius 2 is 1.64 bits per heavy atom. The molecule has 0 unspecified atom stereocenters. The molecule has 0 aliphatic rings. The lowest BCUT2D eigenvalue weighted by atomic mass is 10.1. The molecule has 136 valence electrons. The van der Waals surface area contributed by atoms with Gasteiger partial charge in [0.05, 0.1) is 13.0 Å². The minimum Gasteiger partial charge on any atom is -1.00 e. The Morgan fingerprint density at radius 1 is 1.00 bits per heavy atom. The largest absolute Gasteiger partial charge is 1.00 e. The van der Waals surface area contributed by atoms with Crippen molar-refractivity contribution in [2.45, 2.75) is 19.3 Å². The Hall–Kier alpha value is -2.04. The molecule has 0 saturated carbocycles. The first kappa shape index (κ1) is 21.0. The van der Waals surface area contributed by atoms with Gasteiger partial charge >= 0.3 is 5.97 Å². The van der Waals surface area contributed by atoms with Crippen LogP contribution in [0.5, 0.6) is 5.75 Å². The van der Waals surface area contributed by atoms with E-state index in [4.69, 9.17) is 9.84 Å². The zero-order chi connectivity index (χ0) is 17.2. The Morgan fingerprint density at radius 3 is 2.28 bits per heavy atom. The number of carboxylic acid groups (broad SMARTS) is 1. The molecule has 5 heteroatoms. The number of rotatable bonds is 10. The zero-order valence-electron chi connectivity index (χ0n) is 14.5. The van der Waals surface area contributed by atoms with Crippen molar-refractivity contribution in [3.8, 4) is 5.75 Å². The van der Waals surface area contributed by atoms with E-state index < -0.39 is 5.97 Å². The van der Waals surface area contributed by atoms with E-state index in [1.807, 2.05) is 30.1 Å². The van der Waals surface area contributed by atoms with Gasteiger partial charge in [-0.15, -0.1) is 0 Å². The summed E-state index contributed by atoms with van der Waals surface area (Å²) in [5, 5.41) is 8.65. The third kappa shape index (κ3) is 8.57. The second kappa shape index (κ2) is 11.5. The van der Waals surface area contributed by atoms with Crippen LogP contribution in [0.15, 0.2) is 54.6 Å². The van der Waals surface area contributed by atoms with Gasteiger partial charge in [-0.25, -0.2) is 0 Å². The summed E-state index contributed by atoms with van der Waals surface area (Å²) >= 11 is 0. The van der Waals surface area contributed by atoms with Gasteiger partial charge in [0.25, 0.3) is 0 Å². The Balaban J connectivity index is 0.00000312. The van der Waals surface area contributed by atoms with Crippen molar-refractivity contribution in [2.75, 3.05) is 26.7 Å². The zero-order valence-corrected chi connectivity index (χ0v) is 15.3. The molecule has 0 fully saturated rings. The maximum absolute atomic E-state index is 10.5. The highest BCUT2D eigenvalue weighted by molar-refractivity contribution is 5.66. The number of ether oxygens (including phenoxy) is 1. The first-order valence-electron chi connectivity index (χ1n) is 8.29. The molecule has 2 aromatic carbocycles. The maximum atomic E-state index is 10.5. The Kier molecular flexibility index (Phi) is 9.66. The van der Waals surface area contributed by atoms with Crippen LogP contribution in [0.4, 0.5) is 0 Å². The highest BCUT2D eigenvalue weighted by Gasteiger charge is 2.03. The maximum Gasteiger partial charge on any atom is 0.304 e. The Labute approximate surface area is 155 Å². The smallest absolute Gasteiger partial charge is 0.304 e. The summed E-state index contributed by atoms with van der Waals surface area (Å²) in [4.78, 5) is 12.5. The van der Waals surface area contributed by atoms with Crippen molar-refractivity contribution in [3.63, 3.8) is 0 Å². The molecule has 2 rings (SSSR count). The molecule has 1 N–H and O–H groups in total. The Bertz CT molecular complexity index is 617. The van der Waals surface area contributed by atoms with E-state index in [1.165, 1.54) is 11.1 Å². The van der Waals surface area contributed by atoms with Crippen LogP contribution in [0.3, 0.4) is 0 Å². The van der Waals surface area contributed by atoms with Crippen LogP contribution in [0.2, 0.25) is 0 Å². The SMILES string of the molecule is CN(CCCOc1ccc(Cc2ccccc2)cc1)CCC(=O)O.[Cl-]. The van der Waals surface area contributed by atoms with Gasteiger partial charge in [-0.2, -0.15) is 0 Å². The van der Waals surface area contributed by atoms with Gasteiger partial charge in [0.15, 0.2) is 0 Å². The van der Waals surface area contributed by atoms with Crippen molar-refractivity contribution < 1.29 is 27.0 Å². The van der Waals surface area contributed by atoms with Crippen LogP contribution < -0.4 is 17.1 Å². The van der Waals surface area contributed by atoms with Gasteiger partial charge in [0.1, 0.15) is 5.75 Å². The molecule has 2 aromatic rings. The third-order valence-electron chi connectivity index (χ3n) is 3.83. The molecule has 0 aromatic heterocycles. The van der Waals surface area contributed by atoms with E-state index in [0.29, 0.717) is 13.2 Å². The summed E-state index contributed by atoms with van der Waals surface area (Å²) in [6.45, 7) is 2.04. The first-order valence-corrected chi connectivity index (χ1v) is 8.29. The van der Waals surface area contributed by atoms with Crippen molar-refractivity contribution in [3.05, 3.63) is 65.7 Å². The summed E-state index contributed by atoms with van der Waals surface area (Å²) in [6.07, 6.45) is 1.98. The van der Waals surface area contributed by atoms with Crippen LogP contribution in [0.1, 0.15) is 24.0 Å². The fourth-order valence-electron chi connectivity index (χ4n) is 2.46. The lowest BCUT2D eigenvalue weighted by Crippen LogP contribution is -3.00. The van der Waals surface area contributed by atoms with E-state index in [9.17, 15) is 4.79 Å². The number of hydrogen-bond donors (Lipinski definition) is 1. The predicted octanol–water partition coefficient (Wildman–Crippen LogP) is 0.457. The fourth-order valence-corrected chi connectivity index (χ4v) is 2.46. The van der Waals surface area contributed by atoms with Gasteiger partial charge in [0, 0.05) is 13.1 Å². The van der Waals surface area contributed by atoms with Crippen molar-refractivity contribution in [1.29, 1.82) is 0 Å². The lowest BCUT2D eigenvalue weighted by molar-refractivity contribution is -0.137. The highest BCUT2D eigenvalue weighted by Crippen LogP contribution is 2.15. The van der Waals surface area contributed by atoms with Crippen molar-refractivity contribution in [1.82, 2.24) is 4.90 Å². The predicted molar refractivity (Wildman–Crippen MR) is 95.6 cm³/mol. The average molecular weight is 363 g/mol. The monoisotopic (exact) mass is 362 g/mol. The molecular weight excluding hydrogens is 338 g/mol. The lowest BCUT2D eigenvalue weighted by Gasteiger charge is -2.15. The van der Waals surface area contributed by atoms with Gasteiger partial charge in [-0.3, -0.25) is 4.79 Å². The van der Waals surface area contributed by atoms with E-state index in [-0.39, 0.29) is 18.8 Å². The first-order chi connectivity index (χ1) is 11.6. The van der Waals surface area contributed by atoms with Crippen LogP contribution in [-0.4, -0.2) is 42.7 Å². The molecule has 0 heterocycles. The molecule has 0 radical (unpaired) electrons. The summed E-state index contributed by atoms with van der Waals surface area (Å²) in [5.41, 5.74) is 2.57. The normalized spacial score (nSPS) is 10.3. The number of hydrogen-bond acceptors (Lipinski definition) is 3. The van der Waals surface area contributed by atoms with E-state index in [1.54, 1.807) is 0 Å². The summed E-state index contributed by atoms with van der Waals surface area (Å²) in [7, 11) is 1.93. The topological polar surface area (TPSA) is 49.8 Å². The van der Waals surface area contributed by atoms with Gasteiger partial charge in [0.2, 0.25) is 0 Å². The van der Waals surface area contributed by atoms with Crippen molar-refractivity contribution >= 4 is 5.97 Å². The standard InChI is InChI=1S/C20H25NO3.ClH/c1-21(14-12-20(22)23)13-5-15-24-19-10-8-18(9-11-19)16-17-6-3-2-4-7-17;/h2-4,6-11H,5,12-16H2,1H3,(H,22,23);1H/p-1. The fraction of sp³-hybridized carbons (Fsp3) is 0.350. The van der Waals surface area contributed by atoms with Crippen LogP contribution in [0, 0.1) is 0 Å². The average Bonchev–Trinajstić information content (AvgIpc) is 2.59. The molecule has 0 aliphatic heterocycles. The quantitative estimate of drug-likeness (QED) is 0.624. The van der Waals surface area contributed by atoms with E-state index >= 15 is 0 Å². The minimum atomic E-state index is -0.756.